The second-order valence-corrected chi connectivity index (χ2v) is 5.54. The van der Waals surface area contributed by atoms with E-state index >= 15 is 0 Å². The number of nitrogens with zero attached hydrogens (tertiary/aromatic N) is 1. The Morgan fingerprint density at radius 2 is 1.73 bits per heavy atom. The number of fused-ring (bicyclic) bond motifs is 1. The van der Waals surface area contributed by atoms with Crippen LogP contribution in [0.25, 0.3) is 0 Å². The lowest BCUT2D eigenvalue weighted by Gasteiger charge is -2.34. The highest BCUT2D eigenvalue weighted by molar-refractivity contribution is 6.30. The van der Waals surface area contributed by atoms with E-state index in [4.69, 9.17) is 11.6 Å². The van der Waals surface area contributed by atoms with Gasteiger partial charge in [0, 0.05) is 34.2 Å². The van der Waals surface area contributed by atoms with Crippen LogP contribution in [-0.2, 0) is 0 Å². The Morgan fingerprint density at radius 3 is 2.33 bits per heavy atom. The Labute approximate surface area is 96.2 Å². The first-order chi connectivity index (χ1) is 7.00. The first kappa shape index (κ1) is 10.7. The van der Waals surface area contributed by atoms with Crippen LogP contribution in [0.15, 0.2) is 40.5 Å². The topological polar surface area (TPSA) is 12.4 Å². The van der Waals surface area contributed by atoms with E-state index < -0.39 is 0 Å². The summed E-state index contributed by atoms with van der Waals surface area (Å²) in [5, 5.41) is 0.841. The molecule has 2 aliphatic rings. The number of aliphatic imine (C=N–C) groups is 1. The predicted molar refractivity (Wildman–Crippen MR) is 66.1 cm³/mol. The van der Waals surface area contributed by atoms with Gasteiger partial charge in [-0.1, -0.05) is 56.7 Å². The van der Waals surface area contributed by atoms with Gasteiger partial charge in [0.1, 0.15) is 0 Å². The molecule has 0 radical (unpaired) electrons. The zero-order valence-corrected chi connectivity index (χ0v) is 10.1. The van der Waals surface area contributed by atoms with Crippen molar-refractivity contribution in [1.82, 2.24) is 0 Å². The minimum absolute atomic E-state index is 0.104. The third-order valence-electron chi connectivity index (χ3n) is 2.86. The van der Waals surface area contributed by atoms with Crippen molar-refractivity contribution in [2.24, 2.45) is 22.2 Å². The maximum atomic E-state index is 6.17. The summed E-state index contributed by atoms with van der Waals surface area (Å²) in [4.78, 5) is 4.50. The molecule has 1 heterocycles. The summed E-state index contributed by atoms with van der Waals surface area (Å²) in [5.74, 6) is 0.635. The predicted octanol–water partition coefficient (Wildman–Crippen LogP) is 3.93. The second-order valence-electron chi connectivity index (χ2n) is 5.10. The molecule has 2 rings (SSSR count). The molecule has 1 nitrogen and oxygen atoms in total. The van der Waals surface area contributed by atoms with Gasteiger partial charge in [0.05, 0.1) is 0 Å². The van der Waals surface area contributed by atoms with Crippen LogP contribution in [0.1, 0.15) is 20.8 Å². The molecule has 0 fully saturated rings. The standard InChI is InChI=1S/C13H16ClN/c1-13(2,3)12-10-7-5-4-6-9(10)11(14)8-15-12/h4-10H,1-3H3. The average molecular weight is 222 g/mol. The smallest absolute Gasteiger partial charge is 0.0441 e. The molecule has 0 saturated carbocycles. The first-order valence-corrected chi connectivity index (χ1v) is 5.66. The van der Waals surface area contributed by atoms with E-state index in [1.54, 1.807) is 6.20 Å². The minimum atomic E-state index is 0.104. The van der Waals surface area contributed by atoms with Gasteiger partial charge in [0.25, 0.3) is 0 Å². The fourth-order valence-corrected chi connectivity index (χ4v) is 2.39. The van der Waals surface area contributed by atoms with E-state index in [1.807, 2.05) is 0 Å². The van der Waals surface area contributed by atoms with Crippen LogP contribution in [0.2, 0.25) is 0 Å². The fraction of sp³-hybridized carbons (Fsp3) is 0.462. The van der Waals surface area contributed by atoms with Crippen molar-refractivity contribution in [1.29, 1.82) is 0 Å². The second kappa shape index (κ2) is 3.64. The van der Waals surface area contributed by atoms with Gasteiger partial charge in [-0.2, -0.15) is 0 Å². The SMILES string of the molecule is CC(C)(C)C1=NC=C(Cl)C2C=CC=CC12. The van der Waals surface area contributed by atoms with Crippen LogP contribution in [0.5, 0.6) is 0 Å². The van der Waals surface area contributed by atoms with Crippen molar-refractivity contribution in [3.8, 4) is 0 Å². The summed E-state index contributed by atoms with van der Waals surface area (Å²) in [6.07, 6.45) is 10.3. The summed E-state index contributed by atoms with van der Waals surface area (Å²) in [7, 11) is 0. The van der Waals surface area contributed by atoms with Gasteiger partial charge < -0.3 is 0 Å². The van der Waals surface area contributed by atoms with Crippen LogP contribution in [0.3, 0.4) is 0 Å². The number of hydrogen-bond donors (Lipinski definition) is 0. The summed E-state index contributed by atoms with van der Waals surface area (Å²) < 4.78 is 0. The maximum absolute atomic E-state index is 6.17. The van der Waals surface area contributed by atoms with E-state index in [0.29, 0.717) is 11.8 Å². The monoisotopic (exact) mass is 221 g/mol. The van der Waals surface area contributed by atoms with E-state index in [2.05, 4.69) is 50.1 Å². The van der Waals surface area contributed by atoms with Gasteiger partial charge in [0.15, 0.2) is 0 Å². The molecule has 2 unspecified atom stereocenters. The molecule has 15 heavy (non-hydrogen) atoms. The molecule has 0 N–H and O–H groups in total. The summed E-state index contributed by atoms with van der Waals surface area (Å²) in [6, 6.07) is 0. The molecule has 0 aromatic rings. The van der Waals surface area contributed by atoms with E-state index in [-0.39, 0.29) is 5.41 Å². The van der Waals surface area contributed by atoms with Crippen LogP contribution in [0, 0.1) is 17.3 Å². The fourth-order valence-electron chi connectivity index (χ4n) is 2.13. The highest BCUT2D eigenvalue weighted by Gasteiger charge is 2.34. The van der Waals surface area contributed by atoms with Crippen molar-refractivity contribution in [3.63, 3.8) is 0 Å². The molecule has 0 aromatic heterocycles. The molecule has 0 aromatic carbocycles. The first-order valence-electron chi connectivity index (χ1n) is 5.29. The van der Waals surface area contributed by atoms with Crippen LogP contribution in [-0.4, -0.2) is 5.71 Å². The van der Waals surface area contributed by atoms with Crippen molar-refractivity contribution in [2.45, 2.75) is 20.8 Å². The van der Waals surface area contributed by atoms with Crippen LogP contribution in [0.4, 0.5) is 0 Å². The van der Waals surface area contributed by atoms with Crippen molar-refractivity contribution < 1.29 is 0 Å². The quantitative estimate of drug-likeness (QED) is 0.588. The van der Waals surface area contributed by atoms with Crippen molar-refractivity contribution >= 4 is 17.3 Å². The number of hydrogen-bond acceptors (Lipinski definition) is 1. The molecule has 1 aliphatic carbocycles. The molecule has 0 saturated heterocycles. The highest BCUT2D eigenvalue weighted by Crippen LogP contribution is 2.38. The Morgan fingerprint density at radius 1 is 1.13 bits per heavy atom. The van der Waals surface area contributed by atoms with Crippen LogP contribution >= 0.6 is 11.6 Å². The van der Waals surface area contributed by atoms with Crippen molar-refractivity contribution in [2.75, 3.05) is 0 Å². The lowest BCUT2D eigenvalue weighted by atomic mass is 9.73. The van der Waals surface area contributed by atoms with E-state index in [0.717, 1.165) is 5.03 Å². The number of allylic oxidation sites excluding steroid dienone is 5. The molecule has 0 spiro atoms. The molecule has 0 bridgehead atoms. The summed E-state index contributed by atoms with van der Waals surface area (Å²) >= 11 is 6.17. The highest BCUT2D eigenvalue weighted by atomic mass is 35.5. The van der Waals surface area contributed by atoms with Gasteiger partial charge in [-0.05, 0) is 0 Å². The molecular weight excluding hydrogens is 206 g/mol. The molecule has 2 atom stereocenters. The molecule has 2 heteroatoms. The summed E-state index contributed by atoms with van der Waals surface area (Å²) in [6.45, 7) is 6.59. The van der Waals surface area contributed by atoms with Gasteiger partial charge in [0.2, 0.25) is 0 Å². The number of halogens is 1. The third-order valence-corrected chi connectivity index (χ3v) is 3.21. The molecule has 1 aliphatic heterocycles. The third kappa shape index (κ3) is 1.93. The van der Waals surface area contributed by atoms with Crippen molar-refractivity contribution in [3.05, 3.63) is 35.5 Å². The lowest BCUT2D eigenvalue weighted by Crippen LogP contribution is -2.34. The number of rotatable bonds is 0. The van der Waals surface area contributed by atoms with Gasteiger partial charge in [-0.3, -0.25) is 4.99 Å². The lowest BCUT2D eigenvalue weighted by molar-refractivity contribution is 0.528. The Balaban J connectivity index is 2.41. The zero-order valence-electron chi connectivity index (χ0n) is 9.37. The van der Waals surface area contributed by atoms with Gasteiger partial charge >= 0.3 is 0 Å². The largest absolute Gasteiger partial charge is 0.263 e. The average Bonchev–Trinajstić information content (AvgIpc) is 2.17. The van der Waals surface area contributed by atoms with Crippen LogP contribution < -0.4 is 0 Å². The zero-order chi connectivity index (χ0) is 11.1. The Kier molecular flexibility index (Phi) is 2.59. The normalized spacial score (nSPS) is 29.6. The van der Waals surface area contributed by atoms with E-state index in [9.17, 15) is 0 Å². The van der Waals surface area contributed by atoms with Gasteiger partial charge in [-0.15, -0.1) is 0 Å². The van der Waals surface area contributed by atoms with E-state index in [1.165, 1.54) is 5.71 Å². The summed E-state index contributed by atoms with van der Waals surface area (Å²) in [5.41, 5.74) is 1.32. The molecular formula is C13H16ClN. The Bertz CT molecular complexity index is 380. The molecule has 80 valence electrons. The Hall–Kier alpha value is -0.820. The molecule has 0 amide bonds. The minimum Gasteiger partial charge on any atom is -0.263 e. The maximum Gasteiger partial charge on any atom is 0.0441 e. The van der Waals surface area contributed by atoms with Gasteiger partial charge in [-0.25, -0.2) is 0 Å².